The zero-order valence-corrected chi connectivity index (χ0v) is 31.2. The van der Waals surface area contributed by atoms with Crippen LogP contribution in [0.2, 0.25) is 0 Å². The molecule has 1 heterocycles. The number of ether oxygens (including phenoxy) is 1. The summed E-state index contributed by atoms with van der Waals surface area (Å²) >= 11 is 0. The number of primary amides is 1. The summed E-state index contributed by atoms with van der Waals surface area (Å²) in [5, 5.41) is 40.5. The average molecular weight is 740 g/mol. The van der Waals surface area contributed by atoms with E-state index >= 15 is 0 Å². The highest BCUT2D eigenvalue weighted by molar-refractivity contribution is 5.98. The fourth-order valence-electron chi connectivity index (χ4n) is 5.37. The topological polar surface area (TPSA) is 296 Å². The van der Waals surface area contributed by atoms with Crippen LogP contribution in [0.15, 0.2) is 0 Å². The van der Waals surface area contributed by atoms with Crippen molar-refractivity contribution in [3.05, 3.63) is 0 Å². The molecule has 294 valence electrons. The molecule has 0 aromatic heterocycles. The van der Waals surface area contributed by atoms with E-state index in [9.17, 15) is 48.6 Å². The summed E-state index contributed by atoms with van der Waals surface area (Å²) in [6.07, 6.45) is -4.94. The Labute approximate surface area is 304 Å². The van der Waals surface area contributed by atoms with Gasteiger partial charge in [-0.1, -0.05) is 34.1 Å². The number of nitrogens with two attached hydrogens (primary N) is 1. The van der Waals surface area contributed by atoms with Crippen LogP contribution >= 0.6 is 0 Å². The molecule has 0 aliphatic carbocycles. The van der Waals surface area contributed by atoms with Gasteiger partial charge in [0.1, 0.15) is 36.3 Å². The van der Waals surface area contributed by atoms with Gasteiger partial charge in [-0.2, -0.15) is 0 Å². The molecule has 1 aliphatic rings. The minimum atomic E-state index is -1.66. The normalized spacial score (nSPS) is 27.6. The Morgan fingerprint density at radius 1 is 0.923 bits per heavy atom. The number of rotatable bonds is 12. The summed E-state index contributed by atoms with van der Waals surface area (Å²) in [6, 6.07) is -7.53. The number of hydrogen-bond donors (Lipinski definition) is 9. The second kappa shape index (κ2) is 21.2. The van der Waals surface area contributed by atoms with Crippen LogP contribution in [0.3, 0.4) is 0 Å². The minimum Gasteiger partial charge on any atom is -0.458 e. The number of ketones is 1. The maximum Gasteiger partial charge on any atom is 0.328 e. The van der Waals surface area contributed by atoms with Gasteiger partial charge in [0.15, 0.2) is 5.78 Å². The Morgan fingerprint density at radius 3 is 2.02 bits per heavy atom. The van der Waals surface area contributed by atoms with Gasteiger partial charge in [0.05, 0.1) is 25.0 Å². The van der Waals surface area contributed by atoms with Crippen molar-refractivity contribution in [3.63, 3.8) is 0 Å². The smallest absolute Gasteiger partial charge is 0.328 e. The van der Waals surface area contributed by atoms with E-state index in [1.807, 2.05) is 0 Å². The average Bonchev–Trinajstić information content (AvgIpc) is 3.04. The summed E-state index contributed by atoms with van der Waals surface area (Å²) in [4.78, 5) is 106. The molecule has 0 bridgehead atoms. The molecular formula is C34H57N7O11. The van der Waals surface area contributed by atoms with Gasteiger partial charge in [0.2, 0.25) is 35.4 Å². The van der Waals surface area contributed by atoms with Gasteiger partial charge in [-0.05, 0) is 52.4 Å². The SMILES string of the molecule is CCC(C)C1NC(=O)C(C(C)C)CC(=O)C(NC(=O)CC(O)CCC(C)=N)C(C)OC(=O)C(C)NC(=O)C(CC(N)=O)NC(=O)C(C(C)O)NC1=O. The molecule has 0 aromatic carbocycles. The number of carbonyl (C=O) groups is 8. The van der Waals surface area contributed by atoms with Crippen molar-refractivity contribution in [1.82, 2.24) is 26.6 Å². The monoisotopic (exact) mass is 739 g/mol. The second-order valence-corrected chi connectivity index (χ2v) is 13.9. The van der Waals surface area contributed by atoms with Crippen molar-refractivity contribution in [2.24, 2.45) is 23.5 Å². The van der Waals surface area contributed by atoms with Crippen molar-refractivity contribution in [1.29, 1.82) is 5.41 Å². The first-order chi connectivity index (χ1) is 24.1. The molecule has 18 heteroatoms. The van der Waals surface area contributed by atoms with Crippen LogP contribution in [-0.4, -0.2) is 112 Å². The first kappa shape index (κ1) is 45.6. The minimum absolute atomic E-state index is 0.110. The molecule has 0 spiro atoms. The molecule has 1 aliphatic heterocycles. The number of hydrogen-bond acceptors (Lipinski definition) is 12. The standard InChI is InChI=1S/C34H57N7O11/c1-9-16(4)27-32(49)41-28(19(7)42)33(50)38-23(14-25(36)45)31(48)37-18(6)34(51)52-20(8)29(24(44)13-22(15(2)3)30(47)40-27)39-26(46)12-21(43)11-10-17(5)35/h15-16,18-23,27-29,35,42-43H,9-14H2,1-8H3,(H2,36,45)(H,37,48)(H,38,50)(H,39,46)(H,40,47)(H,41,49). The summed E-state index contributed by atoms with van der Waals surface area (Å²) < 4.78 is 5.48. The molecule has 1 rings (SSSR count). The van der Waals surface area contributed by atoms with E-state index in [0.29, 0.717) is 12.1 Å². The lowest BCUT2D eigenvalue weighted by molar-refractivity contribution is -0.155. The quantitative estimate of drug-likeness (QED) is 0.0818. The Kier molecular flexibility index (Phi) is 18.5. The van der Waals surface area contributed by atoms with Crippen molar-refractivity contribution >= 4 is 52.9 Å². The molecule has 52 heavy (non-hydrogen) atoms. The predicted octanol–water partition coefficient (Wildman–Crippen LogP) is -1.52. The highest BCUT2D eigenvalue weighted by Gasteiger charge is 2.39. The van der Waals surface area contributed by atoms with Crippen LogP contribution in [0.5, 0.6) is 0 Å². The summed E-state index contributed by atoms with van der Waals surface area (Å²) in [5.74, 6) is -9.26. The van der Waals surface area contributed by atoms with Gasteiger partial charge in [-0.15, -0.1) is 0 Å². The Bertz CT molecular complexity index is 1340. The molecule has 0 radical (unpaired) electrons. The number of aliphatic hydroxyl groups excluding tert-OH is 2. The first-order valence-electron chi connectivity index (χ1n) is 17.5. The summed E-state index contributed by atoms with van der Waals surface area (Å²) in [6.45, 7) is 12.1. The van der Waals surface area contributed by atoms with E-state index in [4.69, 9.17) is 15.9 Å². The lowest BCUT2D eigenvalue weighted by Gasteiger charge is -2.30. The maximum atomic E-state index is 13.9. The molecule has 10 N–H and O–H groups in total. The Hall–Kier alpha value is -4.45. The molecule has 1 saturated heterocycles. The van der Waals surface area contributed by atoms with Crippen LogP contribution in [-0.2, 0) is 43.1 Å². The highest BCUT2D eigenvalue weighted by atomic mass is 16.5. The fourth-order valence-corrected chi connectivity index (χ4v) is 5.37. The lowest BCUT2D eigenvalue weighted by Crippen LogP contribution is -2.61. The van der Waals surface area contributed by atoms with Crippen molar-refractivity contribution in [3.8, 4) is 0 Å². The number of Topliss-reactive ketones (excluding diaryl/α,β-unsaturated/α-hetero) is 1. The van der Waals surface area contributed by atoms with Gasteiger partial charge in [0, 0.05) is 18.1 Å². The number of nitrogens with one attached hydrogen (secondary N) is 6. The van der Waals surface area contributed by atoms with E-state index in [1.54, 1.807) is 34.6 Å². The molecule has 10 atom stereocenters. The second-order valence-electron chi connectivity index (χ2n) is 13.9. The van der Waals surface area contributed by atoms with Crippen LogP contribution in [0.25, 0.3) is 0 Å². The van der Waals surface area contributed by atoms with E-state index in [1.165, 1.54) is 20.8 Å². The summed E-state index contributed by atoms with van der Waals surface area (Å²) in [7, 11) is 0. The van der Waals surface area contributed by atoms with Gasteiger partial charge >= 0.3 is 5.97 Å². The third-order valence-corrected chi connectivity index (χ3v) is 8.88. The highest BCUT2D eigenvalue weighted by Crippen LogP contribution is 2.21. The summed E-state index contributed by atoms with van der Waals surface area (Å²) in [5.41, 5.74) is 5.60. The molecular weight excluding hydrogens is 682 g/mol. The van der Waals surface area contributed by atoms with E-state index < -0.39 is 133 Å². The van der Waals surface area contributed by atoms with Crippen LogP contribution in [0.4, 0.5) is 0 Å². The molecule has 0 aromatic rings. The van der Waals surface area contributed by atoms with Gasteiger partial charge in [-0.3, -0.25) is 33.6 Å². The van der Waals surface area contributed by atoms with Crippen molar-refractivity contribution in [2.45, 2.75) is 142 Å². The maximum absolute atomic E-state index is 13.9. The zero-order valence-electron chi connectivity index (χ0n) is 31.2. The third-order valence-electron chi connectivity index (χ3n) is 8.88. The molecule has 6 amide bonds. The van der Waals surface area contributed by atoms with E-state index in [0.717, 1.165) is 0 Å². The van der Waals surface area contributed by atoms with Crippen LogP contribution in [0.1, 0.15) is 93.9 Å². The largest absolute Gasteiger partial charge is 0.458 e. The number of esters is 1. The van der Waals surface area contributed by atoms with Crippen molar-refractivity contribution in [2.75, 3.05) is 0 Å². The zero-order chi connectivity index (χ0) is 40.0. The Balaban J connectivity index is 3.70. The number of amides is 6. The Morgan fingerprint density at radius 2 is 1.50 bits per heavy atom. The van der Waals surface area contributed by atoms with Gasteiger partial charge in [0.25, 0.3) is 0 Å². The molecule has 1 fully saturated rings. The van der Waals surface area contributed by atoms with Crippen LogP contribution in [0, 0.1) is 23.2 Å². The number of carbonyl (C=O) groups excluding carboxylic acids is 8. The van der Waals surface area contributed by atoms with Gasteiger partial charge < -0.3 is 52.7 Å². The van der Waals surface area contributed by atoms with Crippen molar-refractivity contribution < 1.29 is 53.3 Å². The number of cyclic esters (lactones) is 1. The molecule has 0 saturated carbocycles. The van der Waals surface area contributed by atoms with E-state index in [-0.39, 0.29) is 12.8 Å². The fraction of sp³-hybridized carbons (Fsp3) is 0.735. The number of aliphatic hydroxyl groups is 2. The van der Waals surface area contributed by atoms with E-state index in [2.05, 4.69) is 26.6 Å². The van der Waals surface area contributed by atoms with Crippen LogP contribution < -0.4 is 32.3 Å². The molecule has 10 unspecified atom stereocenters. The van der Waals surface area contributed by atoms with Gasteiger partial charge in [-0.25, -0.2) is 4.79 Å². The third kappa shape index (κ3) is 14.7. The lowest BCUT2D eigenvalue weighted by atomic mass is 9.86. The first-order valence-corrected chi connectivity index (χ1v) is 17.5. The molecule has 18 nitrogen and oxygen atoms in total. The predicted molar refractivity (Wildman–Crippen MR) is 187 cm³/mol.